The van der Waals surface area contributed by atoms with E-state index in [0.29, 0.717) is 0 Å². The monoisotopic (exact) mass is 1190 g/mol. The van der Waals surface area contributed by atoms with Crippen molar-refractivity contribution in [3.63, 3.8) is 0 Å². The largest absolute Gasteiger partial charge is 0.310 e. The van der Waals surface area contributed by atoms with Crippen LogP contribution < -0.4 is 19.6 Å². The number of fused-ring (bicyclic) bond motifs is 10. The fourth-order valence-electron chi connectivity index (χ4n) is 14.3. The SMILES string of the molecule is C=Cc1cccc(N(c2ccccc2)c2ccc(-c3ccc(N(c4ccccc4)c4ccc5c(c4)C4(c6ccccc6-5)c5ccccc5-c5ccc(N(c6ccccc6)c6ccc(-c7ccc(N(c8ccccc8)c8cccc(C=C)c8)cc7)cc6)cc54)cc3)cc2)c1. The van der Waals surface area contributed by atoms with Crippen LogP contribution in [-0.2, 0) is 5.41 Å². The van der Waals surface area contributed by atoms with Gasteiger partial charge in [0.1, 0.15) is 0 Å². The zero-order valence-corrected chi connectivity index (χ0v) is 51.3. The predicted octanol–water partition coefficient (Wildman–Crippen LogP) is 24.5. The van der Waals surface area contributed by atoms with Crippen LogP contribution in [0.4, 0.5) is 68.2 Å². The lowest BCUT2D eigenvalue weighted by Crippen LogP contribution is -2.26. The molecule has 93 heavy (non-hydrogen) atoms. The highest BCUT2D eigenvalue weighted by Crippen LogP contribution is 2.64. The first-order chi connectivity index (χ1) is 46.0. The van der Waals surface area contributed by atoms with Gasteiger partial charge >= 0.3 is 0 Å². The van der Waals surface area contributed by atoms with Gasteiger partial charge in [-0.3, -0.25) is 0 Å². The Bertz CT molecular complexity index is 4720. The van der Waals surface area contributed by atoms with Crippen LogP contribution in [-0.4, -0.2) is 0 Å². The minimum atomic E-state index is -0.629. The van der Waals surface area contributed by atoms with Crippen LogP contribution in [0.2, 0.25) is 0 Å². The van der Waals surface area contributed by atoms with Crippen molar-refractivity contribution >= 4 is 80.4 Å². The number of anilines is 12. The van der Waals surface area contributed by atoms with Gasteiger partial charge in [0.15, 0.2) is 0 Å². The smallest absolute Gasteiger partial charge is 0.0727 e. The van der Waals surface area contributed by atoms with Gasteiger partial charge in [0.25, 0.3) is 0 Å². The zero-order chi connectivity index (χ0) is 62.2. The number of nitrogens with zero attached hydrogens (tertiary/aromatic N) is 4. The minimum Gasteiger partial charge on any atom is -0.310 e. The standard InChI is InChI=1S/C89H64N4/c1-3-63-23-21-33-77(59-63)90(69-25-9-5-10-26-69)73-47-39-65(40-48-73)67-43-51-75(52-44-67)92(71-29-13-7-14-30-71)79-55-57-83-81-35-17-19-37-85(81)89(87(83)61-79)86-38-20-18-36-82(86)84-58-56-80(62-88(84)89)93(72-31-15-8-16-32-72)76-53-45-68(46-54-76)66-41-49-74(50-42-66)91(70-27-11-6-12-28-70)78-34-22-24-64(4-2)60-78/h3-62H,1-2H2. The van der Waals surface area contributed by atoms with Gasteiger partial charge in [0, 0.05) is 68.2 Å². The first kappa shape index (κ1) is 56.0. The molecule has 14 aromatic rings. The Hall–Kier alpha value is -12.2. The number of rotatable bonds is 16. The van der Waals surface area contributed by atoms with E-state index in [2.05, 4.69) is 385 Å². The third-order valence-corrected chi connectivity index (χ3v) is 18.5. The van der Waals surface area contributed by atoms with Crippen LogP contribution in [0.5, 0.6) is 0 Å². The lowest BCUT2D eigenvalue weighted by molar-refractivity contribution is 0.793. The summed E-state index contributed by atoms with van der Waals surface area (Å²) in [6.07, 6.45) is 3.80. The molecule has 2 aliphatic rings. The van der Waals surface area contributed by atoms with Crippen LogP contribution in [0.3, 0.4) is 0 Å². The fourth-order valence-corrected chi connectivity index (χ4v) is 14.3. The molecule has 0 fully saturated rings. The highest BCUT2D eigenvalue weighted by molar-refractivity contribution is 5.98. The van der Waals surface area contributed by atoms with Crippen molar-refractivity contribution in [2.75, 3.05) is 19.6 Å². The van der Waals surface area contributed by atoms with Gasteiger partial charge in [-0.1, -0.05) is 232 Å². The molecule has 0 atom stereocenters. The van der Waals surface area contributed by atoms with E-state index in [9.17, 15) is 0 Å². The topological polar surface area (TPSA) is 13.0 Å². The molecule has 0 unspecified atom stereocenters. The van der Waals surface area contributed by atoms with Crippen molar-refractivity contribution in [3.8, 4) is 44.5 Å². The number of hydrogen-bond donors (Lipinski definition) is 0. The Balaban J connectivity index is 0.766. The van der Waals surface area contributed by atoms with Gasteiger partial charge in [0.2, 0.25) is 0 Å². The number of para-hydroxylation sites is 4. The summed E-state index contributed by atoms with van der Waals surface area (Å²) in [6, 6.07) is 128. The second kappa shape index (κ2) is 23.9. The Morgan fingerprint density at radius 3 is 0.731 bits per heavy atom. The summed E-state index contributed by atoms with van der Waals surface area (Å²) in [5.41, 5.74) is 29.2. The van der Waals surface area contributed by atoms with Gasteiger partial charge in [-0.15, -0.1) is 0 Å². The Morgan fingerprint density at radius 1 is 0.194 bits per heavy atom. The summed E-state index contributed by atoms with van der Waals surface area (Å²) in [6.45, 7) is 8.09. The Kier molecular flexibility index (Phi) is 14.4. The van der Waals surface area contributed by atoms with E-state index in [0.717, 1.165) is 102 Å². The van der Waals surface area contributed by atoms with E-state index < -0.39 is 5.41 Å². The summed E-state index contributed by atoms with van der Waals surface area (Å²) in [7, 11) is 0. The third kappa shape index (κ3) is 9.99. The van der Waals surface area contributed by atoms with Gasteiger partial charge < -0.3 is 19.6 Å². The number of benzene rings is 14. The molecule has 16 rings (SSSR count). The first-order valence-corrected chi connectivity index (χ1v) is 31.8. The maximum atomic E-state index is 4.05. The average molecular weight is 1190 g/mol. The fraction of sp³-hybridized carbons (Fsp3) is 0.0112. The van der Waals surface area contributed by atoms with E-state index in [-0.39, 0.29) is 0 Å². The van der Waals surface area contributed by atoms with Crippen molar-refractivity contribution in [3.05, 3.63) is 398 Å². The van der Waals surface area contributed by atoms with E-state index >= 15 is 0 Å². The molecule has 0 saturated carbocycles. The molecule has 1 spiro atoms. The molecule has 440 valence electrons. The summed E-state index contributed by atoms with van der Waals surface area (Å²) < 4.78 is 0. The van der Waals surface area contributed by atoms with Crippen LogP contribution in [0, 0.1) is 0 Å². The second-order valence-corrected chi connectivity index (χ2v) is 23.8. The van der Waals surface area contributed by atoms with Gasteiger partial charge in [-0.05, 0) is 223 Å². The van der Waals surface area contributed by atoms with Crippen molar-refractivity contribution in [1.82, 2.24) is 0 Å². The molecule has 0 amide bonds. The van der Waals surface area contributed by atoms with Crippen molar-refractivity contribution in [2.45, 2.75) is 5.41 Å². The molecular weight excluding hydrogens is 1130 g/mol. The van der Waals surface area contributed by atoms with Gasteiger partial charge in [-0.25, -0.2) is 0 Å². The molecule has 0 bridgehead atoms. The molecule has 0 radical (unpaired) electrons. The summed E-state index contributed by atoms with van der Waals surface area (Å²) in [5.74, 6) is 0. The van der Waals surface area contributed by atoms with Gasteiger partial charge in [0.05, 0.1) is 5.41 Å². The molecule has 0 saturated heterocycles. The van der Waals surface area contributed by atoms with Crippen LogP contribution in [0.15, 0.2) is 365 Å². The van der Waals surface area contributed by atoms with E-state index in [1.165, 1.54) is 44.5 Å². The van der Waals surface area contributed by atoms with Crippen molar-refractivity contribution in [2.24, 2.45) is 0 Å². The van der Waals surface area contributed by atoms with Crippen LogP contribution >= 0.6 is 0 Å². The molecule has 4 heteroatoms. The quantitative estimate of drug-likeness (QED) is 0.0956. The van der Waals surface area contributed by atoms with Crippen molar-refractivity contribution < 1.29 is 0 Å². The first-order valence-electron chi connectivity index (χ1n) is 31.8. The maximum Gasteiger partial charge on any atom is 0.0727 e. The molecule has 0 N–H and O–H groups in total. The van der Waals surface area contributed by atoms with E-state index in [4.69, 9.17) is 0 Å². The summed E-state index contributed by atoms with van der Waals surface area (Å²) in [5, 5.41) is 0. The molecular formula is C89H64N4. The minimum absolute atomic E-state index is 0.629. The molecule has 4 nitrogen and oxygen atoms in total. The highest BCUT2D eigenvalue weighted by Gasteiger charge is 2.52. The van der Waals surface area contributed by atoms with Crippen molar-refractivity contribution in [1.29, 1.82) is 0 Å². The summed E-state index contributed by atoms with van der Waals surface area (Å²) in [4.78, 5) is 9.42. The normalized spacial score (nSPS) is 12.0. The van der Waals surface area contributed by atoms with Gasteiger partial charge in [-0.2, -0.15) is 0 Å². The van der Waals surface area contributed by atoms with Crippen LogP contribution in [0.1, 0.15) is 33.4 Å². The lowest BCUT2D eigenvalue weighted by atomic mass is 9.70. The molecule has 2 aliphatic carbocycles. The average Bonchev–Trinajstić information content (AvgIpc) is 1.51. The van der Waals surface area contributed by atoms with E-state index in [1.54, 1.807) is 0 Å². The number of hydrogen-bond acceptors (Lipinski definition) is 4. The second-order valence-electron chi connectivity index (χ2n) is 23.8. The molecule has 0 heterocycles. The van der Waals surface area contributed by atoms with E-state index in [1.807, 2.05) is 12.2 Å². The highest BCUT2D eigenvalue weighted by atomic mass is 15.2. The molecule has 14 aromatic carbocycles. The lowest BCUT2D eigenvalue weighted by Gasteiger charge is -2.33. The molecule has 0 aromatic heterocycles. The third-order valence-electron chi connectivity index (χ3n) is 18.5. The Labute approximate surface area is 545 Å². The zero-order valence-electron chi connectivity index (χ0n) is 51.3. The Morgan fingerprint density at radius 2 is 0.430 bits per heavy atom. The maximum absolute atomic E-state index is 4.05. The molecule has 0 aliphatic heterocycles. The predicted molar refractivity (Wildman–Crippen MR) is 393 cm³/mol. The summed E-state index contributed by atoms with van der Waals surface area (Å²) >= 11 is 0. The van der Waals surface area contributed by atoms with Crippen LogP contribution in [0.25, 0.3) is 56.7 Å².